The molecule has 0 bridgehead atoms. The van der Waals surface area contributed by atoms with Crippen molar-refractivity contribution in [1.82, 2.24) is 4.98 Å². The van der Waals surface area contributed by atoms with Crippen molar-refractivity contribution in [2.24, 2.45) is 0 Å². The summed E-state index contributed by atoms with van der Waals surface area (Å²) in [4.78, 5) is 15.3. The van der Waals surface area contributed by atoms with Crippen LogP contribution in [-0.2, 0) is 9.53 Å². The molecule has 4 nitrogen and oxygen atoms in total. The molecule has 2 rings (SSSR count). The fourth-order valence-corrected chi connectivity index (χ4v) is 1.48. The van der Waals surface area contributed by atoms with Crippen LogP contribution in [0.5, 0.6) is 0 Å². The highest BCUT2D eigenvalue weighted by Crippen LogP contribution is 2.24. The highest BCUT2D eigenvalue weighted by molar-refractivity contribution is 5.79. The summed E-state index contributed by atoms with van der Waals surface area (Å²) in [5.74, 6) is 0.236. The number of carbonyl (C=O) groups is 1. The van der Waals surface area contributed by atoms with E-state index in [0.717, 1.165) is 5.69 Å². The van der Waals surface area contributed by atoms with Gasteiger partial charge in [-0.2, -0.15) is 0 Å². The van der Waals surface area contributed by atoms with Crippen molar-refractivity contribution < 1.29 is 9.53 Å². The smallest absolute Gasteiger partial charge is 0.138 e. The second-order valence-corrected chi connectivity index (χ2v) is 3.37. The number of nitrogen functional groups attached to an aromatic ring is 1. The van der Waals surface area contributed by atoms with Crippen molar-refractivity contribution in [3.63, 3.8) is 0 Å². The normalized spacial score (nSPS) is 22.3. The molecule has 0 radical (unpaired) electrons. The molecule has 2 N–H and O–H groups in total. The fourth-order valence-electron chi connectivity index (χ4n) is 1.48. The van der Waals surface area contributed by atoms with Gasteiger partial charge in [0.25, 0.3) is 0 Å². The lowest BCUT2D eigenvalue weighted by molar-refractivity contribution is -0.128. The van der Waals surface area contributed by atoms with E-state index in [-0.39, 0.29) is 11.9 Å². The molecule has 1 unspecified atom stereocenters. The maximum absolute atomic E-state index is 11.2. The Morgan fingerprint density at radius 3 is 3.00 bits per heavy atom. The molecule has 0 aliphatic carbocycles. The first kappa shape index (κ1) is 9.15. The number of carbonyl (C=O) groups excluding carboxylic acids is 1. The molecule has 0 amide bonds. The van der Waals surface area contributed by atoms with Crippen molar-refractivity contribution in [2.75, 3.05) is 12.3 Å². The minimum absolute atomic E-state index is 0.183. The maximum Gasteiger partial charge on any atom is 0.138 e. The van der Waals surface area contributed by atoms with E-state index < -0.39 is 0 Å². The van der Waals surface area contributed by atoms with E-state index in [1.165, 1.54) is 0 Å². The Labute approximate surface area is 82.1 Å². The number of anilines is 1. The number of nitrogens with zero attached hydrogens (tertiary/aromatic N) is 1. The molecule has 2 heterocycles. The van der Waals surface area contributed by atoms with E-state index in [4.69, 9.17) is 10.5 Å². The van der Waals surface area contributed by atoms with E-state index in [0.29, 0.717) is 25.1 Å². The van der Waals surface area contributed by atoms with Gasteiger partial charge in [0, 0.05) is 12.8 Å². The third-order valence-electron chi connectivity index (χ3n) is 2.25. The molecule has 14 heavy (non-hydrogen) atoms. The Balaban J connectivity index is 2.14. The van der Waals surface area contributed by atoms with Crippen LogP contribution in [0.15, 0.2) is 18.3 Å². The average molecular weight is 192 g/mol. The molecule has 0 aromatic carbocycles. The van der Waals surface area contributed by atoms with Crippen LogP contribution in [0.3, 0.4) is 0 Å². The summed E-state index contributed by atoms with van der Waals surface area (Å²) in [5.41, 5.74) is 6.92. The van der Waals surface area contributed by atoms with Gasteiger partial charge in [-0.1, -0.05) is 0 Å². The minimum atomic E-state index is -0.183. The molecule has 4 heteroatoms. The first-order valence-electron chi connectivity index (χ1n) is 4.60. The zero-order valence-electron chi connectivity index (χ0n) is 7.77. The van der Waals surface area contributed by atoms with Gasteiger partial charge in [0.05, 0.1) is 24.2 Å². The maximum atomic E-state index is 11.2. The first-order valence-corrected chi connectivity index (χ1v) is 4.60. The molecule has 1 aromatic rings. The van der Waals surface area contributed by atoms with Crippen molar-refractivity contribution in [3.05, 3.63) is 24.0 Å². The van der Waals surface area contributed by atoms with Gasteiger partial charge < -0.3 is 10.5 Å². The number of aromatic nitrogens is 1. The molecule has 74 valence electrons. The SMILES string of the molecule is Nc1ccc(C2CC(=O)CCO2)nc1. The molecule has 1 aromatic heterocycles. The molecular weight excluding hydrogens is 180 g/mol. The third kappa shape index (κ3) is 1.90. The third-order valence-corrected chi connectivity index (χ3v) is 2.25. The number of Topliss-reactive ketones (excluding diaryl/α,β-unsaturated/α-hetero) is 1. The zero-order chi connectivity index (χ0) is 9.97. The lowest BCUT2D eigenvalue weighted by Gasteiger charge is -2.21. The van der Waals surface area contributed by atoms with Crippen molar-refractivity contribution in [2.45, 2.75) is 18.9 Å². The molecule has 0 spiro atoms. The number of hydrogen-bond donors (Lipinski definition) is 1. The van der Waals surface area contributed by atoms with E-state index >= 15 is 0 Å². The predicted molar refractivity (Wildman–Crippen MR) is 51.6 cm³/mol. The molecule has 1 atom stereocenters. The van der Waals surface area contributed by atoms with Crippen molar-refractivity contribution in [3.8, 4) is 0 Å². The van der Waals surface area contributed by atoms with Gasteiger partial charge in [0.1, 0.15) is 11.9 Å². The fraction of sp³-hybridized carbons (Fsp3) is 0.400. The van der Waals surface area contributed by atoms with E-state index in [9.17, 15) is 4.79 Å². The molecule has 1 fully saturated rings. The summed E-state index contributed by atoms with van der Waals surface area (Å²) in [7, 11) is 0. The second-order valence-electron chi connectivity index (χ2n) is 3.37. The van der Waals surface area contributed by atoms with Crippen LogP contribution in [0.4, 0.5) is 5.69 Å². The highest BCUT2D eigenvalue weighted by Gasteiger charge is 2.22. The highest BCUT2D eigenvalue weighted by atomic mass is 16.5. The Bertz CT molecular complexity index is 334. The number of pyridine rings is 1. The van der Waals surface area contributed by atoms with Crippen LogP contribution in [0.2, 0.25) is 0 Å². The van der Waals surface area contributed by atoms with Gasteiger partial charge >= 0.3 is 0 Å². The van der Waals surface area contributed by atoms with Crippen LogP contribution in [0.1, 0.15) is 24.6 Å². The van der Waals surface area contributed by atoms with Crippen LogP contribution >= 0.6 is 0 Å². The Hall–Kier alpha value is -1.42. The summed E-state index contributed by atoms with van der Waals surface area (Å²) in [6.45, 7) is 0.496. The van der Waals surface area contributed by atoms with Gasteiger partial charge in [-0.15, -0.1) is 0 Å². The van der Waals surface area contributed by atoms with Gasteiger partial charge in [-0.05, 0) is 12.1 Å². The van der Waals surface area contributed by atoms with Crippen molar-refractivity contribution in [1.29, 1.82) is 0 Å². The lowest BCUT2D eigenvalue weighted by Crippen LogP contribution is -2.20. The van der Waals surface area contributed by atoms with Crippen LogP contribution in [0.25, 0.3) is 0 Å². The summed E-state index contributed by atoms with van der Waals surface area (Å²) < 4.78 is 5.45. The largest absolute Gasteiger partial charge is 0.397 e. The quantitative estimate of drug-likeness (QED) is 0.723. The molecule has 0 saturated carbocycles. The standard InChI is InChI=1S/C10H12N2O2/c11-7-1-2-9(12-6-7)10-5-8(13)3-4-14-10/h1-2,6,10H,3-5,11H2. The van der Waals surface area contributed by atoms with Gasteiger partial charge in [-0.3, -0.25) is 9.78 Å². The lowest BCUT2D eigenvalue weighted by atomic mass is 10.0. The Kier molecular flexibility index (Phi) is 2.45. The number of hydrogen-bond acceptors (Lipinski definition) is 4. The minimum Gasteiger partial charge on any atom is -0.397 e. The summed E-state index contributed by atoms with van der Waals surface area (Å²) in [6.07, 6.45) is 2.34. The predicted octanol–water partition coefficient (Wildman–Crippen LogP) is 1.08. The van der Waals surface area contributed by atoms with Crippen molar-refractivity contribution >= 4 is 11.5 Å². The molecule has 1 aliphatic rings. The molecule has 1 saturated heterocycles. The van der Waals surface area contributed by atoms with E-state index in [1.54, 1.807) is 18.3 Å². The summed E-state index contributed by atoms with van der Waals surface area (Å²) in [6, 6.07) is 3.57. The number of nitrogens with two attached hydrogens (primary N) is 1. The van der Waals surface area contributed by atoms with E-state index in [2.05, 4.69) is 4.98 Å². The number of ketones is 1. The zero-order valence-corrected chi connectivity index (χ0v) is 7.77. The molecule has 1 aliphatic heterocycles. The average Bonchev–Trinajstić information content (AvgIpc) is 2.19. The van der Waals surface area contributed by atoms with Crippen LogP contribution < -0.4 is 5.73 Å². The van der Waals surface area contributed by atoms with Crippen LogP contribution in [0, 0.1) is 0 Å². The van der Waals surface area contributed by atoms with Gasteiger partial charge in [0.15, 0.2) is 0 Å². The van der Waals surface area contributed by atoms with Gasteiger partial charge in [-0.25, -0.2) is 0 Å². The summed E-state index contributed by atoms with van der Waals surface area (Å²) >= 11 is 0. The monoisotopic (exact) mass is 192 g/mol. The Morgan fingerprint density at radius 2 is 2.36 bits per heavy atom. The van der Waals surface area contributed by atoms with E-state index in [1.807, 2.05) is 0 Å². The van der Waals surface area contributed by atoms with Gasteiger partial charge in [0.2, 0.25) is 0 Å². The summed E-state index contributed by atoms with van der Waals surface area (Å²) in [5, 5.41) is 0. The first-order chi connectivity index (χ1) is 6.75. The number of rotatable bonds is 1. The molecular formula is C10H12N2O2. The Morgan fingerprint density at radius 1 is 1.50 bits per heavy atom. The van der Waals surface area contributed by atoms with Crippen LogP contribution in [-0.4, -0.2) is 17.4 Å². The topological polar surface area (TPSA) is 65.2 Å². The second kappa shape index (κ2) is 3.75. The number of ether oxygens (including phenoxy) is 1.